The van der Waals surface area contributed by atoms with E-state index in [0.29, 0.717) is 25.9 Å². The van der Waals surface area contributed by atoms with Gasteiger partial charge in [-0.05, 0) is 42.9 Å². The predicted octanol–water partition coefficient (Wildman–Crippen LogP) is 3.26. The first kappa shape index (κ1) is 17.0. The Morgan fingerprint density at radius 1 is 1.41 bits per heavy atom. The molecule has 1 aliphatic heterocycles. The predicted molar refractivity (Wildman–Crippen MR) is 88.7 cm³/mol. The Morgan fingerprint density at radius 2 is 2.14 bits per heavy atom. The second-order valence-electron chi connectivity index (χ2n) is 6.13. The van der Waals surface area contributed by atoms with E-state index in [1.54, 1.807) is 0 Å². The lowest BCUT2D eigenvalue weighted by atomic mass is 9.87. The Balaban J connectivity index is 1.88. The maximum Gasteiger partial charge on any atom is 0.306 e. The fourth-order valence-electron chi connectivity index (χ4n) is 3.01. The molecule has 1 N–H and O–H groups in total. The minimum absolute atomic E-state index is 0.0186. The van der Waals surface area contributed by atoms with Crippen molar-refractivity contribution in [1.29, 1.82) is 0 Å². The molecule has 0 aliphatic carbocycles. The van der Waals surface area contributed by atoms with Gasteiger partial charge in [-0.25, -0.2) is 0 Å². The molecule has 2 atom stereocenters. The van der Waals surface area contributed by atoms with Gasteiger partial charge in [0.15, 0.2) is 0 Å². The fraction of sp³-hybridized carbons (Fsp3) is 0.529. The standard InChI is InChI=1S/C17H22BrNO3/c1-11-9-13(3-5-15(11)18)4-6-16(20)19-8-7-14(17(21)22)12(2)10-19/h3,5,9,12,14H,4,6-8,10H2,1-2H3,(H,21,22). The molecule has 5 heteroatoms. The quantitative estimate of drug-likeness (QED) is 0.888. The zero-order chi connectivity index (χ0) is 16.3. The zero-order valence-electron chi connectivity index (χ0n) is 13.0. The second-order valence-corrected chi connectivity index (χ2v) is 6.99. The van der Waals surface area contributed by atoms with E-state index in [1.165, 1.54) is 5.56 Å². The van der Waals surface area contributed by atoms with Crippen LogP contribution in [0.3, 0.4) is 0 Å². The number of carboxylic acid groups (broad SMARTS) is 1. The van der Waals surface area contributed by atoms with Crippen LogP contribution >= 0.6 is 15.9 Å². The highest BCUT2D eigenvalue weighted by molar-refractivity contribution is 9.10. The van der Waals surface area contributed by atoms with Crippen molar-refractivity contribution in [3.8, 4) is 0 Å². The van der Waals surface area contributed by atoms with Crippen LogP contribution in [-0.2, 0) is 16.0 Å². The topological polar surface area (TPSA) is 57.6 Å². The maximum atomic E-state index is 12.3. The summed E-state index contributed by atoms with van der Waals surface area (Å²) in [5.74, 6) is -0.926. The van der Waals surface area contributed by atoms with Gasteiger partial charge >= 0.3 is 5.97 Å². The third-order valence-corrected chi connectivity index (χ3v) is 5.31. The molecule has 0 spiro atoms. The van der Waals surface area contributed by atoms with Crippen LogP contribution in [-0.4, -0.2) is 35.0 Å². The number of carbonyl (C=O) groups excluding carboxylic acids is 1. The molecule has 1 saturated heterocycles. The molecule has 2 rings (SSSR count). The molecule has 0 aromatic heterocycles. The van der Waals surface area contributed by atoms with Crippen molar-refractivity contribution < 1.29 is 14.7 Å². The summed E-state index contributed by atoms with van der Waals surface area (Å²) in [6.45, 7) is 5.05. The van der Waals surface area contributed by atoms with Crippen molar-refractivity contribution in [3.05, 3.63) is 33.8 Å². The van der Waals surface area contributed by atoms with E-state index in [-0.39, 0.29) is 17.7 Å². The van der Waals surface area contributed by atoms with Crippen LogP contribution in [0.4, 0.5) is 0 Å². The van der Waals surface area contributed by atoms with Gasteiger partial charge in [-0.15, -0.1) is 0 Å². The van der Waals surface area contributed by atoms with Gasteiger partial charge in [0.2, 0.25) is 5.91 Å². The smallest absolute Gasteiger partial charge is 0.306 e. The third kappa shape index (κ3) is 4.09. The Labute approximate surface area is 139 Å². The van der Waals surface area contributed by atoms with E-state index in [0.717, 1.165) is 16.5 Å². The summed E-state index contributed by atoms with van der Waals surface area (Å²) in [6, 6.07) is 6.13. The lowest BCUT2D eigenvalue weighted by Crippen LogP contribution is -2.45. The van der Waals surface area contributed by atoms with Crippen LogP contribution < -0.4 is 0 Å². The zero-order valence-corrected chi connectivity index (χ0v) is 14.6. The Morgan fingerprint density at radius 3 is 2.73 bits per heavy atom. The maximum absolute atomic E-state index is 12.3. The van der Waals surface area contributed by atoms with Crippen LogP contribution in [0.2, 0.25) is 0 Å². The van der Waals surface area contributed by atoms with Gasteiger partial charge in [-0.3, -0.25) is 9.59 Å². The molecule has 1 aromatic carbocycles. The number of likely N-dealkylation sites (tertiary alicyclic amines) is 1. The number of halogens is 1. The number of hydrogen-bond donors (Lipinski definition) is 1. The summed E-state index contributed by atoms with van der Waals surface area (Å²) in [6.07, 6.45) is 1.76. The SMILES string of the molecule is Cc1cc(CCC(=O)N2CCC(C(=O)O)C(C)C2)ccc1Br. The van der Waals surface area contributed by atoms with Crippen LogP contribution in [0.15, 0.2) is 22.7 Å². The van der Waals surface area contributed by atoms with E-state index in [4.69, 9.17) is 5.11 Å². The molecule has 120 valence electrons. The number of aliphatic carboxylic acids is 1. The second kappa shape index (κ2) is 7.27. The molecule has 2 unspecified atom stereocenters. The molecular formula is C17H22BrNO3. The lowest BCUT2D eigenvalue weighted by molar-refractivity contribution is -0.148. The Hall–Kier alpha value is -1.36. The third-order valence-electron chi connectivity index (χ3n) is 4.43. The van der Waals surface area contributed by atoms with Gasteiger partial charge in [-0.2, -0.15) is 0 Å². The van der Waals surface area contributed by atoms with E-state index >= 15 is 0 Å². The Kier molecular flexibility index (Phi) is 5.62. The van der Waals surface area contributed by atoms with Crippen molar-refractivity contribution in [2.45, 2.75) is 33.1 Å². The number of carboxylic acids is 1. The van der Waals surface area contributed by atoms with E-state index in [9.17, 15) is 9.59 Å². The van der Waals surface area contributed by atoms with E-state index < -0.39 is 5.97 Å². The largest absolute Gasteiger partial charge is 0.481 e. The van der Waals surface area contributed by atoms with Crippen molar-refractivity contribution in [2.24, 2.45) is 11.8 Å². The summed E-state index contributed by atoms with van der Waals surface area (Å²) in [4.78, 5) is 25.2. The van der Waals surface area contributed by atoms with Crippen molar-refractivity contribution in [3.63, 3.8) is 0 Å². The summed E-state index contributed by atoms with van der Waals surface area (Å²) in [5, 5.41) is 9.13. The van der Waals surface area contributed by atoms with Gasteiger partial charge < -0.3 is 10.0 Å². The molecule has 1 heterocycles. The number of aryl methyl sites for hydroxylation is 2. The summed E-state index contributed by atoms with van der Waals surface area (Å²) in [5.41, 5.74) is 2.32. The van der Waals surface area contributed by atoms with E-state index in [2.05, 4.69) is 22.0 Å². The first-order valence-corrected chi connectivity index (χ1v) is 8.43. The molecule has 22 heavy (non-hydrogen) atoms. The average molecular weight is 368 g/mol. The van der Waals surface area contributed by atoms with Gasteiger partial charge in [0.05, 0.1) is 5.92 Å². The first-order valence-electron chi connectivity index (χ1n) is 7.64. The molecule has 1 aliphatic rings. The van der Waals surface area contributed by atoms with Gasteiger partial charge in [-0.1, -0.05) is 35.0 Å². The molecule has 1 aromatic rings. The molecule has 4 nitrogen and oxygen atoms in total. The van der Waals surface area contributed by atoms with Gasteiger partial charge in [0.25, 0.3) is 0 Å². The van der Waals surface area contributed by atoms with Crippen LogP contribution in [0.25, 0.3) is 0 Å². The fourth-order valence-corrected chi connectivity index (χ4v) is 3.26. The number of rotatable bonds is 4. The summed E-state index contributed by atoms with van der Waals surface area (Å²) >= 11 is 3.47. The first-order chi connectivity index (χ1) is 10.4. The van der Waals surface area contributed by atoms with Crippen LogP contribution in [0, 0.1) is 18.8 Å². The molecule has 0 saturated carbocycles. The minimum Gasteiger partial charge on any atom is -0.481 e. The Bertz CT molecular complexity index is 573. The highest BCUT2D eigenvalue weighted by atomic mass is 79.9. The molecule has 0 radical (unpaired) electrons. The van der Waals surface area contributed by atoms with Gasteiger partial charge in [0.1, 0.15) is 0 Å². The number of amides is 1. The highest BCUT2D eigenvalue weighted by Gasteiger charge is 2.32. The summed E-state index contributed by atoms with van der Waals surface area (Å²) in [7, 11) is 0. The monoisotopic (exact) mass is 367 g/mol. The molecule has 0 bridgehead atoms. The van der Waals surface area contributed by atoms with Crippen molar-refractivity contribution >= 4 is 27.8 Å². The summed E-state index contributed by atoms with van der Waals surface area (Å²) < 4.78 is 1.08. The number of benzene rings is 1. The lowest BCUT2D eigenvalue weighted by Gasteiger charge is -2.35. The molecule has 1 fully saturated rings. The highest BCUT2D eigenvalue weighted by Crippen LogP contribution is 2.24. The van der Waals surface area contributed by atoms with Gasteiger partial charge in [0, 0.05) is 24.0 Å². The van der Waals surface area contributed by atoms with Crippen LogP contribution in [0.1, 0.15) is 30.9 Å². The number of piperidine rings is 1. The normalized spacial score (nSPS) is 21.7. The number of hydrogen-bond acceptors (Lipinski definition) is 2. The minimum atomic E-state index is -0.745. The van der Waals surface area contributed by atoms with Crippen molar-refractivity contribution in [2.75, 3.05) is 13.1 Å². The average Bonchev–Trinajstić information content (AvgIpc) is 2.47. The van der Waals surface area contributed by atoms with Crippen molar-refractivity contribution in [1.82, 2.24) is 4.90 Å². The number of carbonyl (C=O) groups is 2. The number of nitrogens with zero attached hydrogens (tertiary/aromatic N) is 1. The van der Waals surface area contributed by atoms with Crippen LogP contribution in [0.5, 0.6) is 0 Å². The van der Waals surface area contributed by atoms with E-state index in [1.807, 2.05) is 30.9 Å². The molecular weight excluding hydrogens is 346 g/mol. The molecule has 1 amide bonds.